The summed E-state index contributed by atoms with van der Waals surface area (Å²) in [7, 11) is -1.86. The maximum absolute atomic E-state index is 12.6. The van der Waals surface area contributed by atoms with Gasteiger partial charge < -0.3 is 14.6 Å². The number of sulfone groups is 1. The second-order valence-corrected chi connectivity index (χ2v) is 11.1. The minimum absolute atomic E-state index is 0.135. The lowest BCUT2D eigenvalue weighted by Gasteiger charge is -2.16. The van der Waals surface area contributed by atoms with Gasteiger partial charge in [-0.1, -0.05) is 29.8 Å². The van der Waals surface area contributed by atoms with Crippen molar-refractivity contribution in [1.29, 1.82) is 0 Å². The van der Waals surface area contributed by atoms with Crippen molar-refractivity contribution in [2.75, 3.05) is 11.6 Å². The van der Waals surface area contributed by atoms with Gasteiger partial charge in [0.25, 0.3) is 5.56 Å². The van der Waals surface area contributed by atoms with Crippen molar-refractivity contribution in [3.8, 4) is 22.8 Å². The normalized spacial score (nSPS) is 11.5. The van der Waals surface area contributed by atoms with E-state index in [-0.39, 0.29) is 10.5 Å². The zero-order chi connectivity index (χ0) is 26.2. The number of anilines is 1. The van der Waals surface area contributed by atoms with E-state index in [2.05, 4.69) is 10.3 Å². The Morgan fingerprint density at radius 2 is 1.84 bits per heavy atom. The summed E-state index contributed by atoms with van der Waals surface area (Å²) >= 11 is 5.97. The molecule has 5 aromatic rings. The minimum Gasteiger partial charge on any atom is -0.457 e. The van der Waals surface area contributed by atoms with E-state index in [1.807, 2.05) is 48.5 Å². The van der Waals surface area contributed by atoms with Crippen molar-refractivity contribution in [1.82, 2.24) is 14.0 Å². The van der Waals surface area contributed by atoms with E-state index in [0.29, 0.717) is 39.8 Å². The van der Waals surface area contributed by atoms with Crippen LogP contribution in [0.25, 0.3) is 16.8 Å². The molecule has 0 unspecified atom stereocenters. The molecule has 10 heteroatoms. The number of ether oxygens (including phenoxy) is 1. The Morgan fingerprint density at radius 1 is 1.05 bits per heavy atom. The Kier molecular flexibility index (Phi) is 6.49. The first-order valence-electron chi connectivity index (χ1n) is 11.3. The molecule has 0 spiro atoms. The monoisotopic (exact) mass is 534 g/mol. The van der Waals surface area contributed by atoms with Crippen LogP contribution in [0.1, 0.15) is 5.56 Å². The molecule has 0 saturated carbocycles. The Bertz CT molecular complexity index is 1780. The quantitative estimate of drug-likeness (QED) is 0.310. The molecular weight excluding hydrogens is 512 g/mol. The van der Waals surface area contributed by atoms with E-state index in [1.54, 1.807) is 29.8 Å². The standard InChI is InChI=1S/C27H23ClN4O4S/c1-31-16-25(32-17-29-15-24(32)27(31)33)23-13-22(37(2,34)35)10-11-26(23)36-21-5-3-4-20(12-21)30-14-18-6-8-19(28)9-7-18/h3-13,15-17,30H,14H2,1-2H3. The van der Waals surface area contributed by atoms with Crippen LogP contribution in [0.15, 0.2) is 95.1 Å². The highest BCUT2D eigenvalue weighted by molar-refractivity contribution is 7.90. The minimum atomic E-state index is -3.49. The van der Waals surface area contributed by atoms with Crippen LogP contribution in [0, 0.1) is 0 Å². The number of aromatic nitrogens is 3. The van der Waals surface area contributed by atoms with Gasteiger partial charge in [-0.05, 0) is 48.0 Å². The zero-order valence-corrected chi connectivity index (χ0v) is 21.6. The number of nitrogens with one attached hydrogen (secondary N) is 1. The van der Waals surface area contributed by atoms with Crippen LogP contribution in [-0.2, 0) is 23.4 Å². The molecule has 5 rings (SSSR count). The van der Waals surface area contributed by atoms with Gasteiger partial charge in [-0.25, -0.2) is 13.4 Å². The maximum Gasteiger partial charge on any atom is 0.276 e. The van der Waals surface area contributed by atoms with Gasteiger partial charge in [0.2, 0.25) is 0 Å². The Morgan fingerprint density at radius 3 is 2.59 bits per heavy atom. The molecule has 0 aliphatic rings. The third kappa shape index (κ3) is 5.23. The van der Waals surface area contributed by atoms with Crippen LogP contribution in [0.4, 0.5) is 5.69 Å². The summed E-state index contributed by atoms with van der Waals surface area (Å²) in [5.74, 6) is 0.983. The molecule has 188 valence electrons. The van der Waals surface area contributed by atoms with Gasteiger partial charge in [-0.3, -0.25) is 9.20 Å². The first-order valence-corrected chi connectivity index (χ1v) is 13.6. The number of hydrogen-bond acceptors (Lipinski definition) is 6. The summed E-state index contributed by atoms with van der Waals surface area (Å²) in [5.41, 5.74) is 3.13. The maximum atomic E-state index is 12.6. The lowest BCUT2D eigenvalue weighted by molar-refractivity contribution is 0.484. The number of fused-ring (bicyclic) bond motifs is 1. The van der Waals surface area contributed by atoms with Crippen molar-refractivity contribution < 1.29 is 13.2 Å². The number of aryl methyl sites for hydroxylation is 1. The highest BCUT2D eigenvalue weighted by Crippen LogP contribution is 2.36. The average Bonchev–Trinajstić information content (AvgIpc) is 3.36. The molecule has 0 saturated heterocycles. The lowest BCUT2D eigenvalue weighted by atomic mass is 10.1. The van der Waals surface area contributed by atoms with Crippen LogP contribution in [0.5, 0.6) is 11.5 Å². The van der Waals surface area contributed by atoms with E-state index >= 15 is 0 Å². The van der Waals surface area contributed by atoms with Crippen LogP contribution in [-0.4, -0.2) is 28.6 Å². The van der Waals surface area contributed by atoms with Gasteiger partial charge in [-0.15, -0.1) is 0 Å². The van der Waals surface area contributed by atoms with Crippen LogP contribution >= 0.6 is 11.6 Å². The van der Waals surface area contributed by atoms with E-state index in [1.165, 1.54) is 23.2 Å². The first kappa shape index (κ1) is 24.6. The fraction of sp³-hybridized carbons (Fsp3) is 0.111. The van der Waals surface area contributed by atoms with Crippen molar-refractivity contribution >= 4 is 32.6 Å². The smallest absolute Gasteiger partial charge is 0.276 e. The molecule has 0 bridgehead atoms. The number of rotatable bonds is 7. The second-order valence-electron chi connectivity index (χ2n) is 8.62. The number of benzene rings is 3. The first-order chi connectivity index (χ1) is 17.7. The molecule has 1 N–H and O–H groups in total. The number of nitrogens with zero attached hydrogens (tertiary/aromatic N) is 3. The molecule has 8 nitrogen and oxygen atoms in total. The molecule has 0 fully saturated rings. The van der Waals surface area contributed by atoms with E-state index in [0.717, 1.165) is 17.5 Å². The molecule has 3 aromatic carbocycles. The Labute approximate surface area is 218 Å². The van der Waals surface area contributed by atoms with Gasteiger partial charge in [0, 0.05) is 48.4 Å². The third-order valence-electron chi connectivity index (χ3n) is 5.88. The summed E-state index contributed by atoms with van der Waals surface area (Å²) in [6, 6.07) is 19.7. The van der Waals surface area contributed by atoms with Crippen molar-refractivity contribution in [3.63, 3.8) is 0 Å². The fourth-order valence-corrected chi connectivity index (χ4v) is 4.73. The van der Waals surface area contributed by atoms with Crippen LogP contribution in [0.2, 0.25) is 5.02 Å². The average molecular weight is 535 g/mol. The largest absolute Gasteiger partial charge is 0.457 e. The summed E-state index contributed by atoms with van der Waals surface area (Å²) < 4.78 is 34.0. The Balaban J connectivity index is 1.53. The predicted octanol–water partition coefficient (Wildman–Crippen LogP) is 5.16. The van der Waals surface area contributed by atoms with Crippen molar-refractivity contribution in [3.05, 3.63) is 106 Å². The Hall–Kier alpha value is -4.08. The molecule has 2 heterocycles. The molecule has 0 aliphatic heterocycles. The molecule has 2 aromatic heterocycles. The number of imidazole rings is 1. The van der Waals surface area contributed by atoms with Gasteiger partial charge in [0.1, 0.15) is 17.0 Å². The fourth-order valence-electron chi connectivity index (χ4n) is 3.96. The van der Waals surface area contributed by atoms with Crippen LogP contribution < -0.4 is 15.6 Å². The zero-order valence-electron chi connectivity index (χ0n) is 20.1. The van der Waals surface area contributed by atoms with E-state index in [4.69, 9.17) is 16.3 Å². The SMILES string of the molecule is Cn1cc(-c2cc(S(C)(=O)=O)ccc2Oc2cccc(NCc3ccc(Cl)cc3)c2)n2cncc2c1=O. The number of halogens is 1. The topological polar surface area (TPSA) is 94.7 Å². The van der Waals surface area contributed by atoms with Gasteiger partial charge in [-0.2, -0.15) is 0 Å². The molecular formula is C27H23ClN4O4S. The highest BCUT2D eigenvalue weighted by Gasteiger charge is 2.18. The summed E-state index contributed by atoms with van der Waals surface area (Å²) in [6.07, 6.45) is 5.78. The van der Waals surface area contributed by atoms with Crippen molar-refractivity contribution in [2.45, 2.75) is 11.4 Å². The van der Waals surface area contributed by atoms with Gasteiger partial charge in [0.15, 0.2) is 9.84 Å². The summed E-state index contributed by atoms with van der Waals surface area (Å²) in [4.78, 5) is 16.8. The van der Waals surface area contributed by atoms with E-state index < -0.39 is 9.84 Å². The highest BCUT2D eigenvalue weighted by atomic mass is 35.5. The summed E-state index contributed by atoms with van der Waals surface area (Å²) in [5, 5.41) is 4.05. The molecule has 0 atom stereocenters. The van der Waals surface area contributed by atoms with E-state index in [9.17, 15) is 13.2 Å². The molecule has 0 radical (unpaired) electrons. The number of hydrogen-bond donors (Lipinski definition) is 1. The predicted molar refractivity (Wildman–Crippen MR) is 144 cm³/mol. The summed E-state index contributed by atoms with van der Waals surface area (Å²) in [6.45, 7) is 0.603. The molecule has 0 aliphatic carbocycles. The van der Waals surface area contributed by atoms with Gasteiger partial charge >= 0.3 is 0 Å². The third-order valence-corrected chi connectivity index (χ3v) is 7.24. The van der Waals surface area contributed by atoms with Crippen molar-refractivity contribution in [2.24, 2.45) is 7.05 Å². The molecule has 0 amide bonds. The van der Waals surface area contributed by atoms with Gasteiger partial charge in [0.05, 0.1) is 23.1 Å². The second kappa shape index (κ2) is 9.76. The lowest BCUT2D eigenvalue weighted by Crippen LogP contribution is -2.19. The molecule has 37 heavy (non-hydrogen) atoms. The van der Waals surface area contributed by atoms with Crippen LogP contribution in [0.3, 0.4) is 0 Å².